The molecule has 0 aliphatic rings. The van der Waals surface area contributed by atoms with Gasteiger partial charge in [0.1, 0.15) is 12.4 Å². The number of allylic oxidation sites excluding steroid dienone is 3. The van der Waals surface area contributed by atoms with Crippen molar-refractivity contribution in [2.24, 2.45) is 10.7 Å². The number of Topliss-reactive ketones (excluding diaryl/α,β-unsaturated/α-hetero) is 1. The highest BCUT2D eigenvalue weighted by atomic mass is 16.5. The SMILES string of the molecule is C\C=C/C(O)=C(O)\C(CC)=N\CCOC(=O)CCC(=O)CN. The minimum Gasteiger partial charge on any atom is -0.504 e. The van der Waals surface area contributed by atoms with Crippen LogP contribution in [0.25, 0.3) is 0 Å². The highest BCUT2D eigenvalue weighted by Gasteiger charge is 2.09. The van der Waals surface area contributed by atoms with Crippen molar-refractivity contribution >= 4 is 17.5 Å². The minimum atomic E-state index is -0.494. The Bertz CT molecular complexity index is 467. The highest BCUT2D eigenvalue weighted by Crippen LogP contribution is 2.06. The first-order chi connectivity index (χ1) is 10.5. The Morgan fingerprint density at radius 1 is 1.27 bits per heavy atom. The Balaban J connectivity index is 4.32. The second-order valence-corrected chi connectivity index (χ2v) is 4.38. The normalized spacial score (nSPS) is 13.1. The van der Waals surface area contributed by atoms with Gasteiger partial charge in [-0.05, 0) is 19.4 Å². The Kier molecular flexibility index (Phi) is 10.4. The third-order valence-corrected chi connectivity index (χ3v) is 2.67. The second-order valence-electron chi connectivity index (χ2n) is 4.38. The van der Waals surface area contributed by atoms with E-state index < -0.39 is 5.97 Å². The topological polar surface area (TPSA) is 122 Å². The summed E-state index contributed by atoms with van der Waals surface area (Å²) in [6.45, 7) is 3.60. The number of hydrogen-bond acceptors (Lipinski definition) is 7. The fraction of sp³-hybridized carbons (Fsp3) is 0.533. The molecule has 0 bridgehead atoms. The first kappa shape index (κ1) is 19.9. The van der Waals surface area contributed by atoms with Crippen molar-refractivity contribution in [1.29, 1.82) is 0 Å². The van der Waals surface area contributed by atoms with E-state index in [4.69, 9.17) is 10.5 Å². The van der Waals surface area contributed by atoms with Crippen LogP contribution in [0, 0.1) is 0 Å². The zero-order valence-corrected chi connectivity index (χ0v) is 13.0. The number of ketones is 1. The van der Waals surface area contributed by atoms with Crippen LogP contribution in [0.15, 0.2) is 28.7 Å². The van der Waals surface area contributed by atoms with Crippen LogP contribution in [0.1, 0.15) is 33.1 Å². The summed E-state index contributed by atoms with van der Waals surface area (Å²) in [6.07, 6.45) is 3.43. The number of rotatable bonds is 10. The first-order valence-electron chi connectivity index (χ1n) is 7.12. The van der Waals surface area contributed by atoms with Gasteiger partial charge in [-0.25, -0.2) is 0 Å². The molecule has 0 aromatic heterocycles. The van der Waals surface area contributed by atoms with E-state index in [1.807, 2.05) is 0 Å². The van der Waals surface area contributed by atoms with Gasteiger partial charge < -0.3 is 20.7 Å². The van der Waals surface area contributed by atoms with Crippen LogP contribution in [-0.2, 0) is 14.3 Å². The van der Waals surface area contributed by atoms with E-state index in [2.05, 4.69) is 4.99 Å². The fourth-order valence-corrected chi connectivity index (χ4v) is 1.49. The molecule has 7 nitrogen and oxygen atoms in total. The van der Waals surface area contributed by atoms with E-state index in [1.54, 1.807) is 19.9 Å². The van der Waals surface area contributed by atoms with Crippen molar-refractivity contribution in [2.45, 2.75) is 33.1 Å². The summed E-state index contributed by atoms with van der Waals surface area (Å²) in [5.41, 5.74) is 5.45. The molecule has 0 radical (unpaired) electrons. The van der Waals surface area contributed by atoms with Gasteiger partial charge in [0.05, 0.1) is 25.2 Å². The number of aliphatic imine (C=N–C) groups is 1. The molecule has 7 heteroatoms. The van der Waals surface area contributed by atoms with Crippen LogP contribution in [0.3, 0.4) is 0 Å². The van der Waals surface area contributed by atoms with Crippen LogP contribution in [0.2, 0.25) is 0 Å². The number of esters is 1. The standard InChI is InChI=1S/C15H24N2O5/c1-3-5-13(19)15(21)12(4-2)17-8-9-22-14(20)7-6-11(18)10-16/h3,5,19,21H,4,6-10,16H2,1-2H3/b5-3-,15-13-,17-12+. The van der Waals surface area contributed by atoms with Gasteiger partial charge in [-0.2, -0.15) is 0 Å². The van der Waals surface area contributed by atoms with Gasteiger partial charge in [-0.1, -0.05) is 13.0 Å². The van der Waals surface area contributed by atoms with Crippen molar-refractivity contribution in [1.82, 2.24) is 0 Å². The molecule has 0 fully saturated rings. The van der Waals surface area contributed by atoms with E-state index in [1.165, 1.54) is 6.08 Å². The summed E-state index contributed by atoms with van der Waals surface area (Å²) in [5, 5.41) is 19.3. The smallest absolute Gasteiger partial charge is 0.306 e. The maximum atomic E-state index is 11.3. The Hall–Kier alpha value is -2.15. The van der Waals surface area contributed by atoms with Crippen molar-refractivity contribution < 1.29 is 24.5 Å². The molecule has 0 amide bonds. The molecule has 22 heavy (non-hydrogen) atoms. The van der Waals surface area contributed by atoms with Gasteiger partial charge in [0.2, 0.25) is 0 Å². The molecule has 0 unspecified atom stereocenters. The van der Waals surface area contributed by atoms with Crippen LogP contribution >= 0.6 is 0 Å². The lowest BCUT2D eigenvalue weighted by Gasteiger charge is -2.06. The third-order valence-electron chi connectivity index (χ3n) is 2.67. The average molecular weight is 312 g/mol. The predicted octanol–water partition coefficient (Wildman–Crippen LogP) is 1.59. The lowest BCUT2D eigenvalue weighted by Crippen LogP contribution is -2.16. The zero-order chi connectivity index (χ0) is 17.0. The Morgan fingerprint density at radius 2 is 1.95 bits per heavy atom. The van der Waals surface area contributed by atoms with E-state index in [0.29, 0.717) is 12.1 Å². The van der Waals surface area contributed by atoms with Gasteiger partial charge in [0, 0.05) is 6.42 Å². The lowest BCUT2D eigenvalue weighted by molar-refractivity contribution is -0.144. The maximum absolute atomic E-state index is 11.3. The lowest BCUT2D eigenvalue weighted by atomic mass is 10.2. The zero-order valence-electron chi connectivity index (χ0n) is 13.0. The Morgan fingerprint density at radius 3 is 2.50 bits per heavy atom. The summed E-state index contributed by atoms with van der Waals surface area (Å²) in [6, 6.07) is 0. The van der Waals surface area contributed by atoms with Crippen LogP contribution < -0.4 is 5.73 Å². The number of aliphatic hydroxyl groups is 2. The number of hydrogen-bond donors (Lipinski definition) is 3. The predicted molar refractivity (Wildman–Crippen MR) is 83.9 cm³/mol. The van der Waals surface area contributed by atoms with E-state index in [0.717, 1.165) is 0 Å². The van der Waals surface area contributed by atoms with E-state index in [-0.39, 0.29) is 49.8 Å². The van der Waals surface area contributed by atoms with Crippen LogP contribution in [-0.4, -0.2) is 47.4 Å². The molecule has 4 N–H and O–H groups in total. The van der Waals surface area contributed by atoms with Crippen LogP contribution in [0.5, 0.6) is 0 Å². The van der Waals surface area contributed by atoms with Crippen molar-refractivity contribution in [3.63, 3.8) is 0 Å². The summed E-state index contributed by atoms with van der Waals surface area (Å²) < 4.78 is 4.91. The molecule has 0 aliphatic heterocycles. The number of nitrogens with zero attached hydrogens (tertiary/aromatic N) is 1. The summed E-state index contributed by atoms with van der Waals surface area (Å²) in [7, 11) is 0. The molecular weight excluding hydrogens is 288 g/mol. The van der Waals surface area contributed by atoms with Gasteiger partial charge in [0.25, 0.3) is 0 Å². The summed E-state index contributed by atoms with van der Waals surface area (Å²) in [5.74, 6) is -1.25. The minimum absolute atomic E-state index is 0.00633. The van der Waals surface area contributed by atoms with Crippen LogP contribution in [0.4, 0.5) is 0 Å². The number of carbonyl (C=O) groups is 2. The average Bonchev–Trinajstić information content (AvgIpc) is 2.52. The van der Waals surface area contributed by atoms with Gasteiger partial charge in [-0.15, -0.1) is 0 Å². The molecular formula is C15H24N2O5. The highest BCUT2D eigenvalue weighted by molar-refractivity contribution is 5.98. The molecule has 0 aliphatic carbocycles. The maximum Gasteiger partial charge on any atom is 0.306 e. The monoisotopic (exact) mass is 312 g/mol. The molecule has 0 saturated carbocycles. The fourth-order valence-electron chi connectivity index (χ4n) is 1.49. The molecule has 0 heterocycles. The van der Waals surface area contributed by atoms with Crippen molar-refractivity contribution in [3.8, 4) is 0 Å². The first-order valence-corrected chi connectivity index (χ1v) is 7.12. The van der Waals surface area contributed by atoms with Gasteiger partial charge >= 0.3 is 5.97 Å². The molecule has 0 atom stereocenters. The quantitative estimate of drug-likeness (QED) is 0.185. The van der Waals surface area contributed by atoms with Gasteiger partial charge in [-0.3, -0.25) is 14.6 Å². The molecule has 0 aromatic rings. The molecule has 0 saturated heterocycles. The van der Waals surface area contributed by atoms with E-state index in [9.17, 15) is 19.8 Å². The number of ether oxygens (including phenoxy) is 1. The molecule has 124 valence electrons. The number of carbonyl (C=O) groups excluding carboxylic acids is 2. The van der Waals surface area contributed by atoms with Gasteiger partial charge in [0.15, 0.2) is 11.5 Å². The number of nitrogens with two attached hydrogens (primary N) is 1. The van der Waals surface area contributed by atoms with E-state index >= 15 is 0 Å². The second kappa shape index (κ2) is 11.5. The molecule has 0 aromatic carbocycles. The summed E-state index contributed by atoms with van der Waals surface area (Å²) in [4.78, 5) is 26.4. The number of aliphatic hydroxyl groups excluding tert-OH is 2. The Labute approximate surface area is 130 Å². The summed E-state index contributed by atoms with van der Waals surface area (Å²) >= 11 is 0. The van der Waals surface area contributed by atoms with Crippen molar-refractivity contribution in [3.05, 3.63) is 23.7 Å². The molecule has 0 spiro atoms. The molecule has 0 rings (SSSR count). The largest absolute Gasteiger partial charge is 0.504 e. The third kappa shape index (κ3) is 8.21. The van der Waals surface area contributed by atoms with Crippen molar-refractivity contribution in [2.75, 3.05) is 19.7 Å².